The standard InChI is InChI=1S/C11H15F3N2O2.C4H10/c1-10(2)6-4-16(5-7(6)10)8(17)3-15-9(18)11(12,13)14;1-4(2)3/h6-7H,3-5H2,1-2H3,(H,15,18);4H,1-3H3. The summed E-state index contributed by atoms with van der Waals surface area (Å²) in [4.78, 5) is 23.7. The molecule has 1 aliphatic heterocycles. The summed E-state index contributed by atoms with van der Waals surface area (Å²) in [6.07, 6.45) is -4.94. The van der Waals surface area contributed by atoms with E-state index in [4.69, 9.17) is 0 Å². The second kappa shape index (κ2) is 6.46. The number of nitrogens with zero attached hydrogens (tertiary/aromatic N) is 1. The van der Waals surface area contributed by atoms with Crippen molar-refractivity contribution in [3.63, 3.8) is 0 Å². The third kappa shape index (κ3) is 4.61. The quantitative estimate of drug-likeness (QED) is 0.849. The van der Waals surface area contributed by atoms with E-state index in [1.807, 2.05) is 0 Å². The topological polar surface area (TPSA) is 49.4 Å². The molecule has 2 rings (SSSR count). The predicted octanol–water partition coefficient (Wildman–Crippen LogP) is 2.44. The van der Waals surface area contributed by atoms with Crippen LogP contribution in [0.25, 0.3) is 0 Å². The van der Waals surface area contributed by atoms with Gasteiger partial charge in [-0.2, -0.15) is 13.2 Å². The minimum atomic E-state index is -4.94. The van der Waals surface area contributed by atoms with Crippen molar-refractivity contribution in [3.05, 3.63) is 0 Å². The van der Waals surface area contributed by atoms with E-state index in [1.165, 1.54) is 4.90 Å². The fraction of sp³-hybridized carbons (Fsp3) is 0.867. The number of hydrogen-bond donors (Lipinski definition) is 1. The van der Waals surface area contributed by atoms with E-state index in [-0.39, 0.29) is 5.41 Å². The Morgan fingerprint density at radius 1 is 1.18 bits per heavy atom. The van der Waals surface area contributed by atoms with Gasteiger partial charge in [0, 0.05) is 13.1 Å². The summed E-state index contributed by atoms with van der Waals surface area (Å²) in [5.74, 6) is -0.796. The van der Waals surface area contributed by atoms with Crippen molar-refractivity contribution in [3.8, 4) is 0 Å². The average molecular weight is 322 g/mol. The smallest absolute Gasteiger partial charge is 0.341 e. The summed E-state index contributed by atoms with van der Waals surface area (Å²) < 4.78 is 35.7. The molecule has 0 spiro atoms. The molecule has 2 fully saturated rings. The summed E-state index contributed by atoms with van der Waals surface area (Å²) in [6, 6.07) is 0. The minimum Gasteiger partial charge on any atom is -0.341 e. The predicted molar refractivity (Wildman–Crippen MR) is 76.9 cm³/mol. The fourth-order valence-electron chi connectivity index (χ4n) is 2.70. The fourth-order valence-corrected chi connectivity index (χ4v) is 2.70. The van der Waals surface area contributed by atoms with Gasteiger partial charge in [0.2, 0.25) is 5.91 Å². The van der Waals surface area contributed by atoms with Gasteiger partial charge in [0.1, 0.15) is 0 Å². The maximum absolute atomic E-state index is 11.9. The maximum atomic E-state index is 11.9. The van der Waals surface area contributed by atoms with Crippen molar-refractivity contribution < 1.29 is 22.8 Å². The number of likely N-dealkylation sites (tertiary alicyclic amines) is 1. The number of piperidine rings is 1. The molecular weight excluding hydrogens is 297 g/mol. The Kier molecular flexibility index (Phi) is 5.51. The van der Waals surface area contributed by atoms with Gasteiger partial charge in [-0.1, -0.05) is 34.6 Å². The molecule has 2 amide bonds. The lowest BCUT2D eigenvalue weighted by molar-refractivity contribution is -0.174. The highest BCUT2D eigenvalue weighted by Crippen LogP contribution is 2.61. The van der Waals surface area contributed by atoms with Crippen LogP contribution in [0.3, 0.4) is 0 Å². The molecule has 1 saturated carbocycles. The molecule has 2 aliphatic rings. The first kappa shape index (κ1) is 18.8. The Morgan fingerprint density at radius 3 is 1.95 bits per heavy atom. The first-order valence-corrected chi connectivity index (χ1v) is 7.50. The number of carbonyl (C=O) groups is 2. The Bertz CT molecular complexity index is 416. The Morgan fingerprint density at radius 2 is 1.59 bits per heavy atom. The molecule has 2 unspecified atom stereocenters. The molecule has 0 aromatic heterocycles. The maximum Gasteiger partial charge on any atom is 0.471 e. The van der Waals surface area contributed by atoms with E-state index in [1.54, 1.807) is 5.32 Å². The molecule has 0 aromatic rings. The van der Waals surface area contributed by atoms with Crippen LogP contribution < -0.4 is 5.32 Å². The van der Waals surface area contributed by atoms with Crippen LogP contribution in [0.2, 0.25) is 0 Å². The molecule has 1 aliphatic carbocycles. The second-order valence-electron chi connectivity index (χ2n) is 7.25. The number of amides is 2. The SMILES string of the molecule is CC(C)C.CC1(C)C2CN(C(=O)CNC(=O)C(F)(F)F)CC21. The third-order valence-corrected chi connectivity index (χ3v) is 4.13. The first-order chi connectivity index (χ1) is 9.87. The van der Waals surface area contributed by atoms with E-state index >= 15 is 0 Å². The van der Waals surface area contributed by atoms with Crippen LogP contribution >= 0.6 is 0 Å². The molecule has 0 bridgehead atoms. The van der Waals surface area contributed by atoms with E-state index in [2.05, 4.69) is 34.6 Å². The molecule has 1 saturated heterocycles. The Hall–Kier alpha value is -1.27. The number of rotatable bonds is 2. The number of carbonyl (C=O) groups excluding carboxylic acids is 2. The zero-order chi connectivity index (χ0) is 17.3. The number of fused-ring (bicyclic) bond motifs is 1. The summed E-state index contributed by atoms with van der Waals surface area (Å²) in [6.45, 7) is 11.3. The molecule has 2 atom stereocenters. The molecule has 22 heavy (non-hydrogen) atoms. The van der Waals surface area contributed by atoms with Gasteiger partial charge in [0.05, 0.1) is 6.54 Å². The van der Waals surface area contributed by atoms with Crippen LogP contribution in [0.15, 0.2) is 0 Å². The van der Waals surface area contributed by atoms with Gasteiger partial charge in [-0.25, -0.2) is 0 Å². The zero-order valence-electron chi connectivity index (χ0n) is 13.8. The lowest BCUT2D eigenvalue weighted by atomic mass is 10.1. The number of alkyl halides is 3. The van der Waals surface area contributed by atoms with Gasteiger partial charge in [0.15, 0.2) is 0 Å². The normalized spacial score (nSPS) is 25.2. The number of nitrogens with one attached hydrogen (secondary N) is 1. The summed E-state index contributed by atoms with van der Waals surface area (Å²) in [7, 11) is 0. The average Bonchev–Trinajstić information content (AvgIpc) is 2.76. The Balaban J connectivity index is 0.000000541. The van der Waals surface area contributed by atoms with Gasteiger partial charge >= 0.3 is 12.1 Å². The highest BCUT2D eigenvalue weighted by molar-refractivity contribution is 5.87. The van der Waals surface area contributed by atoms with Crippen LogP contribution in [0.5, 0.6) is 0 Å². The van der Waals surface area contributed by atoms with E-state index in [0.717, 1.165) is 5.92 Å². The Labute approximate surface area is 129 Å². The van der Waals surface area contributed by atoms with Crippen LogP contribution in [0.4, 0.5) is 13.2 Å². The minimum absolute atomic E-state index is 0.242. The van der Waals surface area contributed by atoms with Crippen LogP contribution in [-0.4, -0.2) is 42.5 Å². The van der Waals surface area contributed by atoms with Crippen molar-refractivity contribution in [2.24, 2.45) is 23.2 Å². The highest BCUT2D eigenvalue weighted by atomic mass is 19.4. The van der Waals surface area contributed by atoms with E-state index in [0.29, 0.717) is 24.9 Å². The van der Waals surface area contributed by atoms with Crippen LogP contribution in [-0.2, 0) is 9.59 Å². The first-order valence-electron chi connectivity index (χ1n) is 7.50. The molecular formula is C15H25F3N2O2. The molecule has 0 radical (unpaired) electrons. The third-order valence-electron chi connectivity index (χ3n) is 4.13. The van der Waals surface area contributed by atoms with Gasteiger partial charge < -0.3 is 10.2 Å². The van der Waals surface area contributed by atoms with Crippen molar-refractivity contribution in [1.29, 1.82) is 0 Å². The largest absolute Gasteiger partial charge is 0.471 e. The van der Waals surface area contributed by atoms with Crippen LogP contribution in [0, 0.1) is 23.2 Å². The van der Waals surface area contributed by atoms with Gasteiger partial charge in [-0.3, -0.25) is 9.59 Å². The number of hydrogen-bond acceptors (Lipinski definition) is 2. The monoisotopic (exact) mass is 322 g/mol. The lowest BCUT2D eigenvalue weighted by Crippen LogP contribution is -2.44. The number of halogens is 3. The van der Waals surface area contributed by atoms with Crippen molar-refractivity contribution in [2.45, 2.75) is 40.8 Å². The molecule has 7 heteroatoms. The summed E-state index contributed by atoms with van der Waals surface area (Å²) in [5, 5.41) is 1.59. The molecule has 1 N–H and O–H groups in total. The van der Waals surface area contributed by atoms with Crippen molar-refractivity contribution in [1.82, 2.24) is 10.2 Å². The van der Waals surface area contributed by atoms with Crippen molar-refractivity contribution >= 4 is 11.8 Å². The molecule has 4 nitrogen and oxygen atoms in total. The highest BCUT2D eigenvalue weighted by Gasteiger charge is 2.62. The van der Waals surface area contributed by atoms with E-state index < -0.39 is 24.5 Å². The summed E-state index contributed by atoms with van der Waals surface area (Å²) in [5.41, 5.74) is 0.242. The summed E-state index contributed by atoms with van der Waals surface area (Å²) >= 11 is 0. The van der Waals surface area contributed by atoms with E-state index in [9.17, 15) is 22.8 Å². The van der Waals surface area contributed by atoms with Gasteiger partial charge in [-0.15, -0.1) is 0 Å². The molecule has 128 valence electrons. The molecule has 0 aromatic carbocycles. The zero-order valence-corrected chi connectivity index (χ0v) is 13.8. The second-order valence-corrected chi connectivity index (χ2v) is 7.25. The lowest BCUT2D eigenvalue weighted by Gasteiger charge is -2.22. The van der Waals surface area contributed by atoms with Crippen LogP contribution in [0.1, 0.15) is 34.6 Å². The molecule has 1 heterocycles. The van der Waals surface area contributed by atoms with Gasteiger partial charge in [0.25, 0.3) is 0 Å². The van der Waals surface area contributed by atoms with Crippen molar-refractivity contribution in [2.75, 3.05) is 19.6 Å². The van der Waals surface area contributed by atoms with Gasteiger partial charge in [-0.05, 0) is 23.2 Å².